The summed E-state index contributed by atoms with van der Waals surface area (Å²) >= 11 is 0. The van der Waals surface area contributed by atoms with E-state index in [0.717, 1.165) is 33.6 Å². The molecule has 0 saturated carbocycles. The third-order valence-corrected chi connectivity index (χ3v) is 9.02. The molecule has 0 radical (unpaired) electrons. The Morgan fingerprint density at radius 3 is 1.14 bits per heavy atom. The van der Waals surface area contributed by atoms with Crippen LogP contribution in [0.25, 0.3) is 33.9 Å². The van der Waals surface area contributed by atoms with Crippen LogP contribution in [-0.2, 0) is 17.4 Å². The molecule has 11 heteroatoms. The Balaban J connectivity index is 0.000000189. The molecule has 0 aliphatic rings. The number of nitrogens with zero attached hydrogens (tertiary/aromatic N) is 6. The summed E-state index contributed by atoms with van der Waals surface area (Å²) in [6.45, 7) is 4.00. The second kappa shape index (κ2) is 18.0. The van der Waals surface area contributed by atoms with E-state index in [1.165, 1.54) is 9.36 Å². The maximum absolute atomic E-state index is 10.9. The monoisotopic (exact) mass is 790 g/mol. The summed E-state index contributed by atoms with van der Waals surface area (Å²) in [6, 6.07) is 48.2. The van der Waals surface area contributed by atoms with E-state index in [9.17, 15) is 20.4 Å². The summed E-state index contributed by atoms with van der Waals surface area (Å²) in [4.78, 5) is 8.74. The van der Waals surface area contributed by atoms with Gasteiger partial charge in [0.05, 0.1) is 22.5 Å². The third-order valence-electron chi connectivity index (χ3n) is 9.02. The molecule has 0 saturated heterocycles. The van der Waals surface area contributed by atoms with Gasteiger partial charge in [-0.1, -0.05) is 109 Å². The van der Waals surface area contributed by atoms with Crippen LogP contribution in [-0.4, -0.2) is 52.4 Å². The zero-order valence-corrected chi connectivity index (χ0v) is 32.3. The van der Waals surface area contributed by atoms with Crippen molar-refractivity contribution in [1.29, 1.82) is 0 Å². The van der Waals surface area contributed by atoms with Crippen LogP contribution in [0.15, 0.2) is 168 Å². The van der Waals surface area contributed by atoms with Crippen molar-refractivity contribution in [2.24, 2.45) is 9.98 Å². The average Bonchev–Trinajstić information content (AvgIpc) is 3.73. The van der Waals surface area contributed by atoms with Gasteiger partial charge in [-0.25, -0.2) is 9.36 Å². The van der Waals surface area contributed by atoms with Gasteiger partial charge in [0.1, 0.15) is 34.3 Å². The molecule has 2 aromatic heterocycles. The van der Waals surface area contributed by atoms with Gasteiger partial charge in [0, 0.05) is 40.9 Å². The first-order chi connectivity index (χ1) is 27.3. The van der Waals surface area contributed by atoms with E-state index in [-0.39, 0.29) is 40.6 Å². The van der Waals surface area contributed by atoms with E-state index < -0.39 is 0 Å². The van der Waals surface area contributed by atoms with Gasteiger partial charge in [0.2, 0.25) is 11.8 Å². The Labute approximate surface area is 340 Å². The molecule has 0 bridgehead atoms. The van der Waals surface area contributed by atoms with Crippen molar-refractivity contribution in [3.63, 3.8) is 0 Å². The molecule has 8 aromatic rings. The predicted octanol–water partition coefficient (Wildman–Crippen LogP) is 10.0. The van der Waals surface area contributed by atoms with Crippen molar-refractivity contribution in [2.45, 2.75) is 13.8 Å². The standard InChI is InChI=1S/2C23H19N3O2.Cr/c2*1-16-9-5-6-12-18(16)22-19(15-24-20-13-7-8-14-21(20)27)23(28)26(25-22)17-10-3-2-4-11-17;/h2*2-15,27-28H,1H3;. The van der Waals surface area contributed by atoms with E-state index in [1.807, 2.05) is 123 Å². The van der Waals surface area contributed by atoms with Gasteiger partial charge in [-0.05, 0) is 73.5 Å². The normalized spacial score (nSPS) is 11.0. The number of aromatic hydroxyl groups is 4. The molecule has 0 atom stereocenters. The maximum atomic E-state index is 10.9. The second-order valence-electron chi connectivity index (χ2n) is 12.8. The van der Waals surface area contributed by atoms with Gasteiger partial charge in [-0.15, -0.1) is 0 Å². The van der Waals surface area contributed by atoms with Crippen LogP contribution in [0.4, 0.5) is 11.4 Å². The van der Waals surface area contributed by atoms with Crippen molar-refractivity contribution in [2.75, 3.05) is 0 Å². The summed E-state index contributed by atoms with van der Waals surface area (Å²) in [5.41, 5.74) is 8.46. The Hall–Kier alpha value is -7.19. The molecule has 0 aliphatic carbocycles. The first-order valence-electron chi connectivity index (χ1n) is 17.8. The summed E-state index contributed by atoms with van der Waals surface area (Å²) < 4.78 is 2.99. The average molecular weight is 791 g/mol. The van der Waals surface area contributed by atoms with Crippen LogP contribution in [0.2, 0.25) is 0 Å². The topological polar surface area (TPSA) is 141 Å². The molecule has 2 heterocycles. The zero-order chi connectivity index (χ0) is 39.0. The minimum absolute atomic E-state index is 0. The van der Waals surface area contributed by atoms with E-state index >= 15 is 0 Å². The molecule has 0 aliphatic heterocycles. The summed E-state index contributed by atoms with van der Waals surface area (Å²) in [7, 11) is 0. The molecule has 0 amide bonds. The van der Waals surface area contributed by atoms with Crippen LogP contribution in [0, 0.1) is 13.8 Å². The molecule has 57 heavy (non-hydrogen) atoms. The Morgan fingerprint density at radius 1 is 0.439 bits per heavy atom. The van der Waals surface area contributed by atoms with Gasteiger partial charge in [0.15, 0.2) is 0 Å². The smallest absolute Gasteiger partial charge is 0.223 e. The number of benzene rings is 6. The number of rotatable bonds is 8. The molecule has 6 aromatic carbocycles. The summed E-state index contributed by atoms with van der Waals surface area (Å²) in [6.07, 6.45) is 3.08. The molecular weight excluding hydrogens is 753 g/mol. The first kappa shape index (κ1) is 39.5. The molecule has 8 rings (SSSR count). The molecule has 0 spiro atoms. The van der Waals surface area contributed by atoms with Crippen LogP contribution >= 0.6 is 0 Å². The fourth-order valence-corrected chi connectivity index (χ4v) is 6.07. The van der Waals surface area contributed by atoms with Crippen molar-refractivity contribution in [1.82, 2.24) is 19.6 Å². The van der Waals surface area contributed by atoms with Gasteiger partial charge in [-0.3, -0.25) is 9.98 Å². The number of aliphatic imine (C=N–C) groups is 2. The van der Waals surface area contributed by atoms with E-state index in [4.69, 9.17) is 0 Å². The fraction of sp³-hybridized carbons (Fsp3) is 0.0435. The quantitative estimate of drug-likeness (QED) is 0.113. The number of para-hydroxylation sites is 6. The minimum Gasteiger partial charge on any atom is -0.506 e. The number of hydrogen-bond donors (Lipinski definition) is 4. The van der Waals surface area contributed by atoms with Gasteiger partial charge < -0.3 is 20.4 Å². The first-order valence-corrected chi connectivity index (χ1v) is 17.8. The van der Waals surface area contributed by atoms with Crippen molar-refractivity contribution in [3.05, 3.63) is 180 Å². The predicted molar refractivity (Wildman–Crippen MR) is 222 cm³/mol. The molecule has 4 N–H and O–H groups in total. The SMILES string of the molecule is Cc1ccccc1-c1nn(-c2ccccc2)c(O)c1C=Nc1ccccc1O.Cc1ccccc1-c1nn(-c2ccccc2)c(O)c1C=Nc1ccccc1O.[Cr]. The van der Waals surface area contributed by atoms with E-state index in [0.29, 0.717) is 33.9 Å². The number of aryl methyl sites for hydroxylation is 2. The van der Waals surface area contributed by atoms with Crippen LogP contribution in [0.5, 0.6) is 23.3 Å². The Morgan fingerprint density at radius 2 is 0.772 bits per heavy atom. The Bertz CT molecular complexity index is 2490. The van der Waals surface area contributed by atoms with E-state index in [1.54, 1.807) is 61.0 Å². The minimum atomic E-state index is -0.0105. The van der Waals surface area contributed by atoms with Crippen molar-refractivity contribution in [3.8, 4) is 57.1 Å². The summed E-state index contributed by atoms with van der Waals surface area (Å²) in [5.74, 6) is 0.129. The third kappa shape index (κ3) is 8.71. The molecule has 282 valence electrons. The van der Waals surface area contributed by atoms with Crippen molar-refractivity contribution < 1.29 is 37.8 Å². The van der Waals surface area contributed by atoms with E-state index in [2.05, 4.69) is 20.2 Å². The number of phenolic OH excluding ortho intramolecular Hbond substituents is 2. The molecule has 10 nitrogen and oxygen atoms in total. The van der Waals surface area contributed by atoms with Crippen LogP contribution in [0.3, 0.4) is 0 Å². The molecular formula is C46H38CrN6O4. The number of hydrogen-bond acceptors (Lipinski definition) is 8. The Kier molecular flexibility index (Phi) is 12.5. The van der Waals surface area contributed by atoms with Gasteiger partial charge >= 0.3 is 0 Å². The number of phenols is 2. The summed E-state index contributed by atoms with van der Waals surface area (Å²) in [5, 5.41) is 51.1. The molecule has 0 unspecified atom stereocenters. The second-order valence-corrected chi connectivity index (χ2v) is 12.8. The van der Waals surface area contributed by atoms with Crippen LogP contribution in [0.1, 0.15) is 22.3 Å². The van der Waals surface area contributed by atoms with Gasteiger partial charge in [-0.2, -0.15) is 10.2 Å². The van der Waals surface area contributed by atoms with Gasteiger partial charge in [0.25, 0.3) is 0 Å². The molecule has 0 fully saturated rings. The fourth-order valence-electron chi connectivity index (χ4n) is 6.07. The van der Waals surface area contributed by atoms with Crippen LogP contribution < -0.4 is 0 Å². The zero-order valence-electron chi connectivity index (χ0n) is 31.0. The largest absolute Gasteiger partial charge is 0.506 e. The number of aromatic nitrogens is 4. The van der Waals surface area contributed by atoms with Crippen molar-refractivity contribution >= 4 is 23.8 Å². The maximum Gasteiger partial charge on any atom is 0.223 e.